The number of para-hydroxylation sites is 3. The summed E-state index contributed by atoms with van der Waals surface area (Å²) in [5.74, 6) is 0. The van der Waals surface area contributed by atoms with Gasteiger partial charge in [-0.05, 0) is 110 Å². The van der Waals surface area contributed by atoms with E-state index in [-0.39, 0.29) is 0 Å². The van der Waals surface area contributed by atoms with Crippen molar-refractivity contribution in [1.82, 2.24) is 4.57 Å². The molecule has 0 saturated heterocycles. The van der Waals surface area contributed by atoms with Crippen molar-refractivity contribution < 1.29 is 0 Å². The van der Waals surface area contributed by atoms with Gasteiger partial charge in [0.15, 0.2) is 0 Å². The molecule has 1 spiro atoms. The largest absolute Gasteiger partial charge is 0.309 e. The molecular weight excluding hydrogens is 635 g/mol. The fourth-order valence-corrected chi connectivity index (χ4v) is 10.5. The van der Waals surface area contributed by atoms with Gasteiger partial charge in [-0.1, -0.05) is 151 Å². The lowest BCUT2D eigenvalue weighted by Crippen LogP contribution is -2.38. The highest BCUT2D eigenvalue weighted by Crippen LogP contribution is 2.62. The number of thioether (sulfide) groups is 1. The molecule has 0 saturated carbocycles. The Morgan fingerprint density at radius 2 is 1.08 bits per heavy atom. The molecule has 2 heteroatoms. The zero-order valence-electron chi connectivity index (χ0n) is 28.0. The summed E-state index contributed by atoms with van der Waals surface area (Å²) in [6.07, 6.45) is 4.61. The first kappa shape index (κ1) is 29.0. The number of fused-ring (bicyclic) bond motifs is 10. The summed E-state index contributed by atoms with van der Waals surface area (Å²) in [4.78, 5) is 2.85. The van der Waals surface area contributed by atoms with Gasteiger partial charge >= 0.3 is 0 Å². The van der Waals surface area contributed by atoms with Crippen molar-refractivity contribution in [3.05, 3.63) is 209 Å². The first-order valence-corrected chi connectivity index (χ1v) is 18.7. The summed E-state index contributed by atoms with van der Waals surface area (Å²) in [6.45, 7) is 0. The molecule has 0 fully saturated rings. The van der Waals surface area contributed by atoms with Crippen molar-refractivity contribution in [1.29, 1.82) is 0 Å². The summed E-state index contributed by atoms with van der Waals surface area (Å²) >= 11 is 1.98. The summed E-state index contributed by atoms with van der Waals surface area (Å²) in [6, 6.07) is 63.2. The van der Waals surface area contributed by atoms with Gasteiger partial charge in [0.25, 0.3) is 0 Å². The van der Waals surface area contributed by atoms with Crippen LogP contribution in [0.1, 0.15) is 35.1 Å². The van der Waals surface area contributed by atoms with E-state index in [0.717, 1.165) is 12.8 Å². The Kier molecular flexibility index (Phi) is 6.29. The molecule has 51 heavy (non-hydrogen) atoms. The monoisotopic (exact) mass is 667 g/mol. The Labute approximate surface area is 302 Å². The van der Waals surface area contributed by atoms with E-state index < -0.39 is 5.41 Å². The maximum absolute atomic E-state index is 2.59. The predicted molar refractivity (Wildman–Crippen MR) is 215 cm³/mol. The fraction of sp³-hybridized carbons (Fsp3) is 0.0612. The van der Waals surface area contributed by atoms with Crippen LogP contribution in [0.5, 0.6) is 0 Å². The molecular formula is C49H33NS. The average molecular weight is 668 g/mol. The van der Waals surface area contributed by atoms with E-state index in [1.54, 1.807) is 0 Å². The molecule has 1 aliphatic carbocycles. The van der Waals surface area contributed by atoms with Gasteiger partial charge in [0.2, 0.25) is 0 Å². The molecule has 2 aliphatic heterocycles. The van der Waals surface area contributed by atoms with Crippen molar-refractivity contribution in [3.8, 4) is 27.9 Å². The molecule has 0 bridgehead atoms. The zero-order valence-corrected chi connectivity index (χ0v) is 28.8. The topological polar surface area (TPSA) is 4.93 Å². The first-order chi connectivity index (χ1) is 25.3. The number of allylic oxidation sites excluding steroid dienone is 4. The molecule has 3 aliphatic rings. The van der Waals surface area contributed by atoms with Gasteiger partial charge in [-0.3, -0.25) is 0 Å². The van der Waals surface area contributed by atoms with Gasteiger partial charge in [-0.15, -0.1) is 0 Å². The van der Waals surface area contributed by atoms with Crippen LogP contribution in [0.4, 0.5) is 0 Å². The van der Waals surface area contributed by atoms with Crippen LogP contribution in [-0.4, -0.2) is 4.57 Å². The van der Waals surface area contributed by atoms with Crippen molar-refractivity contribution >= 4 is 39.1 Å². The second-order valence-corrected chi connectivity index (χ2v) is 15.1. The molecule has 8 aromatic rings. The Morgan fingerprint density at radius 3 is 1.86 bits per heavy atom. The third kappa shape index (κ3) is 4.11. The van der Waals surface area contributed by atoms with Crippen molar-refractivity contribution in [2.45, 2.75) is 23.2 Å². The van der Waals surface area contributed by atoms with Gasteiger partial charge in [0.05, 0.1) is 22.1 Å². The molecule has 240 valence electrons. The molecule has 0 amide bonds. The zero-order chi connectivity index (χ0) is 33.5. The molecule has 7 aromatic carbocycles. The molecule has 0 N–H and O–H groups in total. The van der Waals surface area contributed by atoms with E-state index in [1.165, 1.54) is 92.9 Å². The third-order valence-electron chi connectivity index (χ3n) is 11.3. The minimum atomic E-state index is -0.456. The maximum Gasteiger partial charge on any atom is 0.0761 e. The second kappa shape index (κ2) is 11.1. The lowest BCUT2D eigenvalue weighted by atomic mass is 9.61. The Morgan fingerprint density at radius 1 is 0.471 bits per heavy atom. The van der Waals surface area contributed by atoms with Crippen LogP contribution in [0.15, 0.2) is 191 Å². The van der Waals surface area contributed by atoms with Crippen LogP contribution in [0.3, 0.4) is 0 Å². The maximum atomic E-state index is 2.59. The van der Waals surface area contributed by atoms with E-state index in [1.807, 2.05) is 11.8 Å². The molecule has 1 atom stereocenters. The first-order valence-electron chi connectivity index (χ1n) is 17.9. The van der Waals surface area contributed by atoms with Crippen LogP contribution in [-0.2, 0) is 5.41 Å². The Bertz CT molecular complexity index is 2710. The van der Waals surface area contributed by atoms with Crippen molar-refractivity contribution in [3.63, 3.8) is 0 Å². The van der Waals surface area contributed by atoms with Crippen molar-refractivity contribution in [2.75, 3.05) is 0 Å². The number of rotatable bonds is 3. The molecule has 11 rings (SSSR count). The van der Waals surface area contributed by atoms with Gasteiger partial charge in [0, 0.05) is 15.7 Å². The number of aromatic nitrogens is 1. The molecule has 0 radical (unpaired) electrons. The standard InChI is InChI=1S/C49H33NS/c1-3-14-32(15-4-1)35-28-36(33-16-5-2-6-17-33)30-37(29-35)34-26-27-47-43(31-34)49(41-21-9-12-25-46(41)51-47)40-20-8-11-24-45(40)50-44-23-10-7-18-38(44)39-19-13-22-42(49)48(39)50/h1-25,28-31H,26-27H2. The minimum Gasteiger partial charge on any atom is -0.309 e. The SMILES string of the molecule is C1=C(c2cc(-c3ccccc3)cc(-c3ccccc3)c2)CCC2=C1C1(c3ccccc3S2)c2ccccc2-n2c3ccccc3c3cccc1c32. The van der Waals surface area contributed by atoms with Gasteiger partial charge in [-0.2, -0.15) is 0 Å². The van der Waals surface area contributed by atoms with Crippen LogP contribution in [0.2, 0.25) is 0 Å². The summed E-state index contributed by atoms with van der Waals surface area (Å²) in [7, 11) is 0. The van der Waals surface area contributed by atoms with E-state index in [9.17, 15) is 0 Å². The second-order valence-electron chi connectivity index (χ2n) is 14.0. The van der Waals surface area contributed by atoms with E-state index in [0.29, 0.717) is 0 Å². The number of hydrogen-bond donors (Lipinski definition) is 0. The van der Waals surface area contributed by atoms with Crippen LogP contribution < -0.4 is 0 Å². The van der Waals surface area contributed by atoms with Gasteiger partial charge < -0.3 is 4.57 Å². The van der Waals surface area contributed by atoms with Crippen LogP contribution >= 0.6 is 11.8 Å². The highest BCUT2D eigenvalue weighted by Gasteiger charge is 2.50. The normalized spacial score (nSPS) is 17.3. The highest BCUT2D eigenvalue weighted by molar-refractivity contribution is 8.03. The van der Waals surface area contributed by atoms with E-state index in [2.05, 4.69) is 181 Å². The molecule has 3 heterocycles. The van der Waals surface area contributed by atoms with Crippen LogP contribution in [0.25, 0.3) is 55.3 Å². The Hall–Kier alpha value is -5.83. The lowest BCUT2D eigenvalue weighted by molar-refractivity contribution is 0.693. The van der Waals surface area contributed by atoms with Gasteiger partial charge in [0.1, 0.15) is 0 Å². The van der Waals surface area contributed by atoms with Crippen LogP contribution in [0, 0.1) is 0 Å². The van der Waals surface area contributed by atoms with E-state index in [4.69, 9.17) is 0 Å². The molecule has 1 unspecified atom stereocenters. The number of nitrogens with zero attached hydrogens (tertiary/aromatic N) is 1. The lowest BCUT2D eigenvalue weighted by Gasteiger charge is -2.47. The number of hydrogen-bond acceptors (Lipinski definition) is 1. The summed E-state index contributed by atoms with van der Waals surface area (Å²) < 4.78 is 2.54. The predicted octanol–water partition coefficient (Wildman–Crippen LogP) is 13.0. The smallest absolute Gasteiger partial charge is 0.0761 e. The van der Waals surface area contributed by atoms with Gasteiger partial charge in [-0.25, -0.2) is 0 Å². The molecule has 1 aromatic heterocycles. The van der Waals surface area contributed by atoms with E-state index >= 15 is 0 Å². The Balaban J connectivity index is 1.22. The highest BCUT2D eigenvalue weighted by atomic mass is 32.2. The van der Waals surface area contributed by atoms with Crippen molar-refractivity contribution in [2.24, 2.45) is 0 Å². The number of benzene rings is 7. The summed E-state index contributed by atoms with van der Waals surface area (Å²) in [5, 5.41) is 2.62. The average Bonchev–Trinajstić information content (AvgIpc) is 3.55. The molecule has 1 nitrogen and oxygen atoms in total. The minimum absolute atomic E-state index is 0.456. The quantitative estimate of drug-likeness (QED) is 0.182. The summed E-state index contributed by atoms with van der Waals surface area (Å²) in [5.41, 5.74) is 16.6. The third-order valence-corrected chi connectivity index (χ3v) is 12.6. The fourth-order valence-electron chi connectivity index (χ4n) is 9.19.